The van der Waals surface area contributed by atoms with E-state index in [2.05, 4.69) is 41.3 Å². The van der Waals surface area contributed by atoms with E-state index in [0.29, 0.717) is 0 Å². The van der Waals surface area contributed by atoms with Gasteiger partial charge in [-0.05, 0) is 54.8 Å². The summed E-state index contributed by atoms with van der Waals surface area (Å²) < 4.78 is 0. The summed E-state index contributed by atoms with van der Waals surface area (Å²) in [4.78, 5) is 8.67. The number of aliphatic hydroxyl groups excluding tert-OH is 1. The van der Waals surface area contributed by atoms with Crippen LogP contribution in [0.2, 0.25) is 0 Å². The molecule has 1 aromatic heterocycles. The van der Waals surface area contributed by atoms with Gasteiger partial charge in [0.05, 0.1) is 12.1 Å². The first-order valence-electron chi connectivity index (χ1n) is 6.86. The van der Waals surface area contributed by atoms with Gasteiger partial charge in [0.2, 0.25) is 0 Å². The van der Waals surface area contributed by atoms with E-state index in [1.807, 2.05) is 24.3 Å². The van der Waals surface area contributed by atoms with E-state index in [9.17, 15) is 5.11 Å². The minimum Gasteiger partial charge on any atom is -0.412 e. The summed E-state index contributed by atoms with van der Waals surface area (Å²) in [6.07, 6.45) is 1.56. The van der Waals surface area contributed by atoms with Crippen LogP contribution in [-0.2, 0) is 6.61 Å². The van der Waals surface area contributed by atoms with Crippen LogP contribution in [0.1, 0.15) is 16.7 Å². The standard InChI is InChI=1S/C17H17N3O.2H2O/c1-11-6-15-16(7-12(11)2)18-10-19-17(15)20-14-5-3-4-13(8-14)9-21;;/h3-8,10,21H,9H2,1-2H3,(H,18,19,20);2*1H2. The maximum absolute atomic E-state index is 9.21. The molecule has 0 aliphatic heterocycles. The molecule has 3 aromatic rings. The normalized spacial score (nSPS) is 9.87. The molecule has 0 unspecified atom stereocenters. The van der Waals surface area contributed by atoms with Crippen molar-refractivity contribution in [2.75, 3.05) is 5.32 Å². The van der Waals surface area contributed by atoms with E-state index in [1.54, 1.807) is 6.33 Å². The second-order valence-electron chi connectivity index (χ2n) is 5.16. The Bertz CT molecular complexity index is 806. The SMILES string of the molecule is Cc1cc2ncnc(Nc3cccc(CO)c3)c2cc1C.O.O. The first kappa shape index (κ1) is 18.5. The number of hydrogen-bond donors (Lipinski definition) is 2. The highest BCUT2D eigenvalue weighted by Crippen LogP contribution is 2.25. The summed E-state index contributed by atoms with van der Waals surface area (Å²) in [5, 5.41) is 13.5. The van der Waals surface area contributed by atoms with Gasteiger partial charge < -0.3 is 21.4 Å². The van der Waals surface area contributed by atoms with Gasteiger partial charge in [-0.1, -0.05) is 12.1 Å². The number of benzene rings is 2. The molecule has 2 aromatic carbocycles. The molecule has 6 heteroatoms. The first-order valence-corrected chi connectivity index (χ1v) is 6.86. The summed E-state index contributed by atoms with van der Waals surface area (Å²) in [5.41, 5.74) is 5.12. The Morgan fingerprint density at radius 3 is 2.48 bits per heavy atom. The van der Waals surface area contributed by atoms with Crippen LogP contribution < -0.4 is 5.32 Å². The van der Waals surface area contributed by atoms with Crippen molar-refractivity contribution in [2.45, 2.75) is 20.5 Å². The summed E-state index contributed by atoms with van der Waals surface area (Å²) in [6, 6.07) is 11.8. The summed E-state index contributed by atoms with van der Waals surface area (Å²) in [6.45, 7) is 4.19. The van der Waals surface area contributed by atoms with Gasteiger partial charge >= 0.3 is 0 Å². The molecule has 0 aliphatic rings. The molecule has 122 valence electrons. The van der Waals surface area contributed by atoms with Gasteiger partial charge in [0.1, 0.15) is 12.1 Å². The number of nitrogens with zero attached hydrogens (tertiary/aromatic N) is 2. The second kappa shape index (κ2) is 7.64. The molecule has 6 nitrogen and oxygen atoms in total. The second-order valence-corrected chi connectivity index (χ2v) is 5.16. The number of nitrogens with one attached hydrogen (secondary N) is 1. The highest BCUT2D eigenvalue weighted by Gasteiger charge is 2.06. The Kier molecular flexibility index (Phi) is 6.15. The molecule has 1 heterocycles. The molecule has 0 amide bonds. The van der Waals surface area contributed by atoms with Crippen molar-refractivity contribution >= 4 is 22.4 Å². The lowest BCUT2D eigenvalue weighted by Gasteiger charge is -2.10. The Labute approximate surface area is 134 Å². The molecule has 0 fully saturated rings. The van der Waals surface area contributed by atoms with E-state index in [-0.39, 0.29) is 17.6 Å². The van der Waals surface area contributed by atoms with Crippen LogP contribution in [0.15, 0.2) is 42.7 Å². The van der Waals surface area contributed by atoms with Crippen molar-refractivity contribution in [3.8, 4) is 0 Å². The lowest BCUT2D eigenvalue weighted by Crippen LogP contribution is -1.97. The van der Waals surface area contributed by atoms with Crippen molar-refractivity contribution in [1.82, 2.24) is 9.97 Å². The maximum atomic E-state index is 9.21. The molecule has 0 atom stereocenters. The molecule has 3 rings (SSSR count). The molecular formula is C17H21N3O3. The number of aliphatic hydroxyl groups is 1. The zero-order valence-corrected chi connectivity index (χ0v) is 13.1. The van der Waals surface area contributed by atoms with Crippen molar-refractivity contribution in [2.24, 2.45) is 0 Å². The van der Waals surface area contributed by atoms with Crippen LogP contribution in [0.3, 0.4) is 0 Å². The Morgan fingerprint density at radius 1 is 1.00 bits per heavy atom. The smallest absolute Gasteiger partial charge is 0.141 e. The van der Waals surface area contributed by atoms with Crippen molar-refractivity contribution in [3.05, 3.63) is 59.4 Å². The Hall–Kier alpha value is -2.54. The predicted octanol–water partition coefficient (Wildman–Crippen LogP) is 1.83. The molecule has 0 saturated carbocycles. The third kappa shape index (κ3) is 3.81. The molecule has 6 N–H and O–H groups in total. The van der Waals surface area contributed by atoms with E-state index in [4.69, 9.17) is 0 Å². The zero-order chi connectivity index (χ0) is 14.8. The van der Waals surface area contributed by atoms with Crippen molar-refractivity contribution in [3.63, 3.8) is 0 Å². The topological polar surface area (TPSA) is 121 Å². The van der Waals surface area contributed by atoms with Crippen LogP contribution in [0.25, 0.3) is 10.9 Å². The third-order valence-electron chi connectivity index (χ3n) is 3.62. The van der Waals surface area contributed by atoms with Gasteiger partial charge in [-0.15, -0.1) is 0 Å². The first-order chi connectivity index (χ1) is 10.2. The molecule has 23 heavy (non-hydrogen) atoms. The van der Waals surface area contributed by atoms with E-state index < -0.39 is 0 Å². The van der Waals surface area contributed by atoms with Gasteiger partial charge in [-0.2, -0.15) is 0 Å². The van der Waals surface area contributed by atoms with Crippen LogP contribution in [0, 0.1) is 13.8 Å². The van der Waals surface area contributed by atoms with Crippen LogP contribution in [0.4, 0.5) is 11.5 Å². The Morgan fingerprint density at radius 2 is 1.74 bits per heavy atom. The molecule has 0 bridgehead atoms. The van der Waals surface area contributed by atoms with Gasteiger partial charge in [0.15, 0.2) is 0 Å². The van der Waals surface area contributed by atoms with Crippen LogP contribution in [0.5, 0.6) is 0 Å². The predicted molar refractivity (Wildman–Crippen MR) is 91.9 cm³/mol. The molecule has 0 saturated heterocycles. The van der Waals surface area contributed by atoms with E-state index in [1.165, 1.54) is 11.1 Å². The summed E-state index contributed by atoms with van der Waals surface area (Å²) in [7, 11) is 0. The van der Waals surface area contributed by atoms with Crippen LogP contribution >= 0.6 is 0 Å². The quantitative estimate of drug-likeness (QED) is 0.765. The maximum Gasteiger partial charge on any atom is 0.141 e. The van der Waals surface area contributed by atoms with E-state index in [0.717, 1.165) is 28.0 Å². The fourth-order valence-corrected chi connectivity index (χ4v) is 2.30. The molecule has 0 aliphatic carbocycles. The summed E-state index contributed by atoms with van der Waals surface area (Å²) >= 11 is 0. The monoisotopic (exact) mass is 315 g/mol. The number of fused-ring (bicyclic) bond motifs is 1. The van der Waals surface area contributed by atoms with Gasteiger partial charge in [-0.3, -0.25) is 0 Å². The Balaban J connectivity index is 0.00000132. The molecule has 0 radical (unpaired) electrons. The minimum absolute atomic E-state index is 0. The van der Waals surface area contributed by atoms with Gasteiger partial charge in [-0.25, -0.2) is 9.97 Å². The van der Waals surface area contributed by atoms with Crippen LogP contribution in [-0.4, -0.2) is 26.0 Å². The lowest BCUT2D eigenvalue weighted by atomic mass is 10.1. The number of hydrogen-bond acceptors (Lipinski definition) is 4. The highest BCUT2D eigenvalue weighted by molar-refractivity contribution is 5.91. The largest absolute Gasteiger partial charge is 0.412 e. The van der Waals surface area contributed by atoms with E-state index >= 15 is 0 Å². The number of rotatable bonds is 3. The van der Waals surface area contributed by atoms with Crippen molar-refractivity contribution in [1.29, 1.82) is 0 Å². The average molecular weight is 315 g/mol. The van der Waals surface area contributed by atoms with Crippen molar-refractivity contribution < 1.29 is 16.1 Å². The lowest BCUT2D eigenvalue weighted by molar-refractivity contribution is 0.282. The minimum atomic E-state index is 0. The molecular weight excluding hydrogens is 294 g/mol. The fourth-order valence-electron chi connectivity index (χ4n) is 2.30. The fraction of sp³-hybridized carbons (Fsp3) is 0.176. The number of aromatic nitrogens is 2. The van der Waals surface area contributed by atoms with Gasteiger partial charge in [0.25, 0.3) is 0 Å². The third-order valence-corrected chi connectivity index (χ3v) is 3.62. The van der Waals surface area contributed by atoms with Gasteiger partial charge in [0, 0.05) is 11.1 Å². The molecule has 0 spiro atoms. The average Bonchev–Trinajstić information content (AvgIpc) is 2.49. The highest BCUT2D eigenvalue weighted by atomic mass is 16.3. The number of anilines is 2. The number of aryl methyl sites for hydroxylation is 2. The summed E-state index contributed by atoms with van der Waals surface area (Å²) in [5.74, 6) is 0.776. The zero-order valence-electron chi connectivity index (χ0n) is 13.1.